The Morgan fingerprint density at radius 1 is 1.17 bits per heavy atom. The molecular formula is C27H31FN4O3. The van der Waals surface area contributed by atoms with Gasteiger partial charge in [-0.05, 0) is 56.3 Å². The first-order chi connectivity index (χ1) is 16.9. The zero-order valence-electron chi connectivity index (χ0n) is 20.4. The van der Waals surface area contributed by atoms with Gasteiger partial charge in [0.25, 0.3) is 0 Å². The van der Waals surface area contributed by atoms with E-state index in [9.17, 15) is 9.18 Å². The van der Waals surface area contributed by atoms with Gasteiger partial charge in [-0.15, -0.1) is 0 Å². The number of amides is 1. The number of nitrogens with zero attached hydrogens (tertiary/aromatic N) is 3. The van der Waals surface area contributed by atoms with Crippen molar-refractivity contribution in [3.63, 3.8) is 0 Å². The van der Waals surface area contributed by atoms with Gasteiger partial charge in [-0.3, -0.25) is 4.79 Å². The third-order valence-corrected chi connectivity index (χ3v) is 7.11. The minimum atomic E-state index is -0.428. The number of pyridine rings is 1. The molecule has 8 heteroatoms. The number of nitrogens with one attached hydrogen (secondary N) is 1. The molecule has 0 saturated carbocycles. The van der Waals surface area contributed by atoms with Crippen molar-refractivity contribution in [1.82, 2.24) is 15.2 Å². The van der Waals surface area contributed by atoms with Crippen LogP contribution >= 0.6 is 0 Å². The Labute approximate surface area is 204 Å². The number of carbonyl (C=O) groups is 1. The van der Waals surface area contributed by atoms with Gasteiger partial charge in [-0.1, -0.05) is 0 Å². The molecule has 0 atom stereocenters. The zero-order valence-corrected chi connectivity index (χ0v) is 20.4. The standard InChI is InChI=1S/C27H31FN4O3/c1-29-10-12-35-19-7-5-18(6-8-19)22-14-24(20-13-21(28)25(34-3)15-23(20)30-22)32-16-27(17-32)9-4-11-31(2)26(27)33/h5-8,13-15,29H,4,9-12,16-17H2,1-3H3. The molecule has 0 unspecified atom stereocenters. The summed E-state index contributed by atoms with van der Waals surface area (Å²) >= 11 is 0. The second-order valence-electron chi connectivity index (χ2n) is 9.47. The van der Waals surface area contributed by atoms with E-state index in [-0.39, 0.29) is 17.1 Å². The summed E-state index contributed by atoms with van der Waals surface area (Å²) < 4.78 is 25.6. The van der Waals surface area contributed by atoms with Gasteiger partial charge in [-0.2, -0.15) is 0 Å². The summed E-state index contributed by atoms with van der Waals surface area (Å²) in [7, 11) is 5.21. The van der Waals surface area contributed by atoms with Crippen molar-refractivity contribution >= 4 is 22.5 Å². The van der Waals surface area contributed by atoms with Crippen molar-refractivity contribution in [3.05, 3.63) is 48.3 Å². The summed E-state index contributed by atoms with van der Waals surface area (Å²) in [5.41, 5.74) is 2.89. The Kier molecular flexibility index (Phi) is 6.23. The van der Waals surface area contributed by atoms with Gasteiger partial charge in [0.15, 0.2) is 11.6 Å². The molecular weight excluding hydrogens is 447 g/mol. The van der Waals surface area contributed by atoms with Crippen LogP contribution in [0.2, 0.25) is 0 Å². The Hall–Kier alpha value is -3.39. The number of hydrogen-bond donors (Lipinski definition) is 1. The molecule has 1 N–H and O–H groups in total. The number of likely N-dealkylation sites (N-methyl/N-ethyl adjacent to an activating group) is 1. The van der Waals surface area contributed by atoms with Crippen LogP contribution in [0.5, 0.6) is 11.5 Å². The van der Waals surface area contributed by atoms with Crippen LogP contribution in [0.1, 0.15) is 12.8 Å². The Morgan fingerprint density at radius 3 is 2.66 bits per heavy atom. The molecule has 5 rings (SSSR count). The average molecular weight is 479 g/mol. The average Bonchev–Trinajstić information content (AvgIpc) is 2.84. The Bertz CT molecular complexity index is 1240. The van der Waals surface area contributed by atoms with Crippen molar-refractivity contribution in [1.29, 1.82) is 0 Å². The van der Waals surface area contributed by atoms with Crippen LogP contribution in [0.15, 0.2) is 42.5 Å². The molecule has 0 radical (unpaired) electrons. The maximum Gasteiger partial charge on any atom is 0.232 e. The van der Waals surface area contributed by atoms with Crippen LogP contribution in [0.25, 0.3) is 22.2 Å². The highest BCUT2D eigenvalue weighted by Crippen LogP contribution is 2.45. The summed E-state index contributed by atoms with van der Waals surface area (Å²) in [4.78, 5) is 21.8. The van der Waals surface area contributed by atoms with E-state index in [0.717, 1.165) is 48.6 Å². The summed E-state index contributed by atoms with van der Waals surface area (Å²) in [6.07, 6.45) is 1.90. The lowest BCUT2D eigenvalue weighted by atomic mass is 9.72. The second kappa shape index (κ2) is 9.34. The fourth-order valence-corrected chi connectivity index (χ4v) is 5.18. The predicted molar refractivity (Wildman–Crippen MR) is 135 cm³/mol. The first kappa shape index (κ1) is 23.4. The molecule has 3 heterocycles. The molecule has 2 saturated heterocycles. The van der Waals surface area contributed by atoms with Crippen molar-refractivity contribution in [2.45, 2.75) is 12.8 Å². The van der Waals surface area contributed by atoms with Gasteiger partial charge in [0.2, 0.25) is 5.91 Å². The highest BCUT2D eigenvalue weighted by Gasteiger charge is 2.52. The minimum Gasteiger partial charge on any atom is -0.494 e. The number of halogens is 1. The number of ether oxygens (including phenoxy) is 2. The first-order valence-electron chi connectivity index (χ1n) is 12.0. The van der Waals surface area contributed by atoms with Crippen LogP contribution in [0.4, 0.5) is 10.1 Å². The van der Waals surface area contributed by atoms with Gasteiger partial charge in [0.1, 0.15) is 12.4 Å². The van der Waals surface area contributed by atoms with E-state index in [1.807, 2.05) is 49.3 Å². The maximum atomic E-state index is 14.7. The monoisotopic (exact) mass is 478 g/mol. The van der Waals surface area contributed by atoms with Crippen molar-refractivity contribution in [3.8, 4) is 22.8 Å². The smallest absolute Gasteiger partial charge is 0.232 e. The lowest BCUT2D eigenvalue weighted by Crippen LogP contribution is -2.65. The maximum absolute atomic E-state index is 14.7. The molecule has 2 aliphatic rings. The number of fused-ring (bicyclic) bond motifs is 1. The van der Waals surface area contributed by atoms with Crippen LogP contribution in [0, 0.1) is 11.2 Å². The number of methoxy groups -OCH3 is 1. The first-order valence-corrected chi connectivity index (χ1v) is 12.0. The van der Waals surface area contributed by atoms with Gasteiger partial charge in [-0.25, -0.2) is 9.37 Å². The molecule has 0 aliphatic carbocycles. The Morgan fingerprint density at radius 2 is 1.94 bits per heavy atom. The quantitative estimate of drug-likeness (QED) is 0.523. The topological polar surface area (TPSA) is 66.9 Å². The molecule has 35 heavy (non-hydrogen) atoms. The Balaban J connectivity index is 1.51. The highest BCUT2D eigenvalue weighted by atomic mass is 19.1. The number of carbonyl (C=O) groups excluding carboxylic acids is 1. The molecule has 1 aromatic heterocycles. The molecule has 7 nitrogen and oxygen atoms in total. The molecule has 1 spiro atoms. The van der Waals surface area contributed by atoms with E-state index < -0.39 is 5.82 Å². The molecule has 2 aromatic carbocycles. The molecule has 1 amide bonds. The van der Waals surface area contributed by atoms with Crippen molar-refractivity contribution in [2.75, 3.05) is 58.9 Å². The number of likely N-dealkylation sites (tertiary alicyclic amines) is 1. The lowest BCUT2D eigenvalue weighted by molar-refractivity contribution is -0.146. The van der Waals surface area contributed by atoms with E-state index in [1.54, 1.807) is 6.07 Å². The van der Waals surface area contributed by atoms with Crippen LogP contribution in [0.3, 0.4) is 0 Å². The third kappa shape index (κ3) is 4.27. The molecule has 184 valence electrons. The van der Waals surface area contributed by atoms with Gasteiger partial charge in [0.05, 0.1) is 23.7 Å². The van der Waals surface area contributed by atoms with E-state index in [1.165, 1.54) is 13.2 Å². The third-order valence-electron chi connectivity index (χ3n) is 7.11. The zero-order chi connectivity index (χ0) is 24.6. The fourth-order valence-electron chi connectivity index (χ4n) is 5.18. The molecule has 2 aliphatic heterocycles. The number of piperidine rings is 1. The normalized spacial score (nSPS) is 17.1. The summed E-state index contributed by atoms with van der Waals surface area (Å²) in [6, 6.07) is 12.9. The van der Waals surface area contributed by atoms with Gasteiger partial charge in [0, 0.05) is 55.9 Å². The van der Waals surface area contributed by atoms with Crippen LogP contribution < -0.4 is 19.7 Å². The van der Waals surface area contributed by atoms with Crippen LogP contribution in [-0.2, 0) is 4.79 Å². The summed E-state index contributed by atoms with van der Waals surface area (Å²) in [6.45, 7) is 3.42. The fraction of sp³-hybridized carbons (Fsp3) is 0.407. The summed E-state index contributed by atoms with van der Waals surface area (Å²) in [5.74, 6) is 0.729. The molecule has 2 fully saturated rings. The van der Waals surface area contributed by atoms with E-state index in [2.05, 4.69) is 10.2 Å². The van der Waals surface area contributed by atoms with E-state index >= 15 is 0 Å². The predicted octanol–water partition coefficient (Wildman–Crippen LogP) is 3.71. The van der Waals surface area contributed by atoms with Crippen molar-refractivity contribution in [2.24, 2.45) is 5.41 Å². The van der Waals surface area contributed by atoms with E-state index in [4.69, 9.17) is 14.5 Å². The molecule has 0 bridgehead atoms. The van der Waals surface area contributed by atoms with Gasteiger partial charge < -0.3 is 24.6 Å². The van der Waals surface area contributed by atoms with Gasteiger partial charge >= 0.3 is 0 Å². The summed E-state index contributed by atoms with van der Waals surface area (Å²) in [5, 5.41) is 3.77. The number of aromatic nitrogens is 1. The molecule has 3 aromatic rings. The van der Waals surface area contributed by atoms with Crippen molar-refractivity contribution < 1.29 is 18.7 Å². The largest absolute Gasteiger partial charge is 0.494 e. The SMILES string of the molecule is CNCCOc1ccc(-c2cc(N3CC4(CCCN(C)C4=O)C3)c3cc(F)c(OC)cc3n2)cc1. The second-order valence-corrected chi connectivity index (χ2v) is 9.47. The number of rotatable bonds is 7. The number of hydrogen-bond acceptors (Lipinski definition) is 6. The number of anilines is 1. The highest BCUT2D eigenvalue weighted by molar-refractivity contribution is 5.97. The lowest BCUT2D eigenvalue weighted by Gasteiger charge is -2.53. The van der Waals surface area contributed by atoms with E-state index in [0.29, 0.717) is 30.6 Å². The van der Waals surface area contributed by atoms with Crippen LogP contribution in [-0.4, -0.2) is 69.8 Å². The minimum absolute atomic E-state index is 0.158. The number of benzene rings is 2.